The van der Waals surface area contributed by atoms with Crippen LogP contribution in [0.25, 0.3) is 6.08 Å². The molecule has 0 spiro atoms. The minimum atomic E-state index is -0.456. The summed E-state index contributed by atoms with van der Waals surface area (Å²) in [5.74, 6) is -0.751. The average molecular weight is 410 g/mol. The van der Waals surface area contributed by atoms with Crippen LogP contribution in [0, 0.1) is 12.7 Å². The predicted octanol–water partition coefficient (Wildman–Crippen LogP) is 6.26. The lowest BCUT2D eigenvalue weighted by Crippen LogP contribution is -2.32. The van der Waals surface area contributed by atoms with Gasteiger partial charge in [-0.15, -0.1) is 0 Å². The van der Waals surface area contributed by atoms with Gasteiger partial charge in [0.15, 0.2) is 0 Å². The lowest BCUT2D eigenvalue weighted by Gasteiger charge is -2.13. The molecule has 1 aliphatic rings. The predicted molar refractivity (Wildman–Crippen MR) is 118 cm³/mol. The van der Waals surface area contributed by atoms with Crippen molar-refractivity contribution in [3.05, 3.63) is 64.5 Å². The van der Waals surface area contributed by atoms with Gasteiger partial charge in [0, 0.05) is 29.9 Å². The fourth-order valence-corrected chi connectivity index (χ4v) is 2.52. The molecule has 1 aromatic rings. The molecule has 0 aliphatic carbocycles. The third kappa shape index (κ3) is 9.86. The summed E-state index contributed by atoms with van der Waals surface area (Å²) in [6.07, 6.45) is 8.86. The zero-order chi connectivity index (χ0) is 21.5. The minimum Gasteiger partial charge on any atom is -0.381 e. The summed E-state index contributed by atoms with van der Waals surface area (Å²) in [7, 11) is 0. The van der Waals surface area contributed by atoms with E-state index in [9.17, 15) is 9.18 Å². The molecule has 0 bridgehead atoms. The number of aryl methyl sites for hydroxylation is 1. The van der Waals surface area contributed by atoms with Crippen LogP contribution >= 0.6 is 11.6 Å². The molecule has 0 saturated carbocycles. The molecule has 0 aromatic heterocycles. The highest BCUT2D eigenvalue weighted by molar-refractivity contribution is 6.31. The summed E-state index contributed by atoms with van der Waals surface area (Å²) in [4.78, 5) is 11.8. The Balaban J connectivity index is 0.000000879. The Morgan fingerprint density at radius 3 is 2.39 bits per heavy atom. The Kier molecular flexibility index (Phi) is 14.0. The Labute approximate surface area is 174 Å². The number of allylic oxidation sites excluding steroid dienone is 1. The lowest BCUT2D eigenvalue weighted by atomic mass is 10.1. The number of amides is 1. The van der Waals surface area contributed by atoms with E-state index >= 15 is 0 Å². The van der Waals surface area contributed by atoms with Crippen LogP contribution in [-0.2, 0) is 9.53 Å². The van der Waals surface area contributed by atoms with Crippen LogP contribution in [0.3, 0.4) is 0 Å². The first-order valence-electron chi connectivity index (χ1n) is 9.69. The summed E-state index contributed by atoms with van der Waals surface area (Å²) in [6.45, 7) is 15.2. The zero-order valence-electron chi connectivity index (χ0n) is 17.6. The number of benzene rings is 1. The molecule has 0 radical (unpaired) electrons. The smallest absolute Gasteiger partial charge is 0.244 e. The molecule has 1 aliphatic heterocycles. The number of ether oxygens (including phenoxy) is 1. The van der Waals surface area contributed by atoms with Crippen molar-refractivity contribution >= 4 is 23.6 Å². The van der Waals surface area contributed by atoms with Crippen molar-refractivity contribution in [3.63, 3.8) is 0 Å². The van der Waals surface area contributed by atoms with Gasteiger partial charge in [-0.1, -0.05) is 44.2 Å². The number of halogens is 2. The van der Waals surface area contributed by atoms with Crippen LogP contribution in [0.2, 0.25) is 5.02 Å². The van der Waals surface area contributed by atoms with Gasteiger partial charge < -0.3 is 10.1 Å². The average Bonchev–Trinajstić information content (AvgIpc) is 3.26. The summed E-state index contributed by atoms with van der Waals surface area (Å²) >= 11 is 5.83. The van der Waals surface area contributed by atoms with Crippen LogP contribution < -0.4 is 5.32 Å². The molecule has 2 rings (SSSR count). The Bertz CT molecular complexity index is 672. The number of nitrogens with one attached hydrogen (secondary N) is 1. The molecule has 1 heterocycles. The van der Waals surface area contributed by atoms with E-state index in [4.69, 9.17) is 16.3 Å². The van der Waals surface area contributed by atoms with Crippen molar-refractivity contribution in [1.29, 1.82) is 0 Å². The van der Waals surface area contributed by atoms with Gasteiger partial charge in [0.05, 0.1) is 6.04 Å². The number of hydrogen-bond donors (Lipinski definition) is 1. The van der Waals surface area contributed by atoms with Gasteiger partial charge in [-0.2, -0.15) is 0 Å². The molecule has 1 N–H and O–H groups in total. The highest BCUT2D eigenvalue weighted by Gasteiger charge is 2.08. The van der Waals surface area contributed by atoms with Gasteiger partial charge in [0.1, 0.15) is 5.82 Å². The van der Waals surface area contributed by atoms with Crippen LogP contribution in [0.15, 0.2) is 42.5 Å². The largest absolute Gasteiger partial charge is 0.381 e. The lowest BCUT2D eigenvalue weighted by molar-refractivity contribution is -0.116. The third-order valence-electron chi connectivity index (χ3n) is 3.95. The van der Waals surface area contributed by atoms with E-state index in [0.717, 1.165) is 24.4 Å². The number of rotatable bonds is 5. The fraction of sp³-hybridized carbons (Fsp3) is 0.435. The van der Waals surface area contributed by atoms with E-state index in [1.165, 1.54) is 31.1 Å². The van der Waals surface area contributed by atoms with Crippen LogP contribution in [0.5, 0.6) is 0 Å². The standard InChI is InChI=1S/C17H19ClFNO.C4H8O.C2H6/c1-5-13(6-2)12(4)20-17(21)8-7-14-9-11(3)15(18)10-16(14)19;1-2-4-5-3-1;1-2/h5-10,12H,1H2,2-4H3,(H,20,21);1-4H2;1-2H3/b8-7+,13-6+;;. The highest BCUT2D eigenvalue weighted by Crippen LogP contribution is 2.20. The Morgan fingerprint density at radius 1 is 1.32 bits per heavy atom. The van der Waals surface area contributed by atoms with Crippen molar-refractivity contribution < 1.29 is 13.9 Å². The monoisotopic (exact) mass is 409 g/mol. The fourth-order valence-electron chi connectivity index (χ4n) is 2.37. The summed E-state index contributed by atoms with van der Waals surface area (Å²) in [5.41, 5.74) is 2.01. The second-order valence-corrected chi connectivity index (χ2v) is 6.41. The van der Waals surface area contributed by atoms with Crippen LogP contribution in [-0.4, -0.2) is 25.2 Å². The van der Waals surface area contributed by atoms with Crippen LogP contribution in [0.4, 0.5) is 4.39 Å². The van der Waals surface area contributed by atoms with Gasteiger partial charge in [0.2, 0.25) is 5.91 Å². The first kappa shape index (κ1) is 26.1. The summed E-state index contributed by atoms with van der Waals surface area (Å²) in [5, 5.41) is 3.15. The molecule has 1 amide bonds. The zero-order valence-corrected chi connectivity index (χ0v) is 18.4. The molecule has 1 fully saturated rings. The van der Waals surface area contributed by atoms with Gasteiger partial charge in [-0.05, 0) is 63.0 Å². The molecule has 1 aromatic carbocycles. The maximum absolute atomic E-state index is 13.7. The normalized spacial score (nSPS) is 14.5. The van der Waals surface area contributed by atoms with Gasteiger partial charge in [-0.25, -0.2) is 4.39 Å². The molecule has 28 heavy (non-hydrogen) atoms. The van der Waals surface area contributed by atoms with Crippen molar-refractivity contribution in [3.8, 4) is 0 Å². The topological polar surface area (TPSA) is 38.3 Å². The van der Waals surface area contributed by atoms with E-state index in [-0.39, 0.29) is 11.9 Å². The first-order valence-corrected chi connectivity index (χ1v) is 10.1. The van der Waals surface area contributed by atoms with E-state index < -0.39 is 5.82 Å². The van der Waals surface area contributed by atoms with Gasteiger partial charge >= 0.3 is 0 Å². The second-order valence-electron chi connectivity index (χ2n) is 6.00. The van der Waals surface area contributed by atoms with Crippen molar-refractivity contribution in [1.82, 2.24) is 5.32 Å². The molecule has 156 valence electrons. The maximum atomic E-state index is 13.7. The third-order valence-corrected chi connectivity index (χ3v) is 4.35. The maximum Gasteiger partial charge on any atom is 0.244 e. The summed E-state index contributed by atoms with van der Waals surface area (Å²) in [6, 6.07) is 2.69. The molecule has 1 unspecified atom stereocenters. The molecule has 1 saturated heterocycles. The van der Waals surface area contributed by atoms with Crippen molar-refractivity contribution in [2.75, 3.05) is 13.2 Å². The summed E-state index contributed by atoms with van der Waals surface area (Å²) < 4.78 is 18.6. The quantitative estimate of drug-likeness (QED) is 0.460. The SMILES string of the molecule is C1CCOC1.C=C/C(=C\C)C(C)NC(=O)/C=C/c1cc(C)c(Cl)cc1F.CC. The molecule has 3 nitrogen and oxygen atoms in total. The molecule has 5 heteroatoms. The Morgan fingerprint density at radius 2 is 1.93 bits per heavy atom. The number of carbonyl (C=O) groups is 1. The van der Waals surface area contributed by atoms with E-state index in [0.29, 0.717) is 10.6 Å². The van der Waals surface area contributed by atoms with Crippen molar-refractivity contribution in [2.24, 2.45) is 0 Å². The number of hydrogen-bond acceptors (Lipinski definition) is 2. The van der Waals surface area contributed by atoms with Crippen LogP contribution in [0.1, 0.15) is 51.7 Å². The van der Waals surface area contributed by atoms with E-state index in [2.05, 4.69) is 11.9 Å². The van der Waals surface area contributed by atoms with Crippen molar-refractivity contribution in [2.45, 2.75) is 53.5 Å². The highest BCUT2D eigenvalue weighted by atomic mass is 35.5. The number of carbonyl (C=O) groups excluding carboxylic acids is 1. The first-order chi connectivity index (χ1) is 13.4. The van der Waals surface area contributed by atoms with E-state index in [1.807, 2.05) is 33.8 Å². The Hall–Kier alpha value is -1.91. The molecule has 1 atom stereocenters. The second kappa shape index (κ2) is 15.1. The molecular formula is C23H33ClFNO2. The van der Waals surface area contributed by atoms with E-state index in [1.54, 1.807) is 19.1 Å². The minimum absolute atomic E-state index is 0.151. The van der Waals surface area contributed by atoms with Gasteiger partial charge in [0.25, 0.3) is 0 Å². The molecular weight excluding hydrogens is 377 g/mol. The van der Waals surface area contributed by atoms with Gasteiger partial charge in [-0.3, -0.25) is 4.79 Å².